The smallest absolute Gasteiger partial charge is 0.338 e. The highest BCUT2D eigenvalue weighted by atomic mass is 32.1. The summed E-state index contributed by atoms with van der Waals surface area (Å²) in [5.41, 5.74) is -0.379. The van der Waals surface area contributed by atoms with Crippen molar-refractivity contribution in [2.75, 3.05) is 6.54 Å². The van der Waals surface area contributed by atoms with Crippen molar-refractivity contribution in [3.05, 3.63) is 28.0 Å². The minimum absolute atomic E-state index is 0.0471. The van der Waals surface area contributed by atoms with Crippen LogP contribution in [0.25, 0.3) is 5.00 Å². The molecule has 0 saturated carbocycles. The first-order valence-electron chi connectivity index (χ1n) is 7.03. The number of hydrogen-bond acceptors (Lipinski definition) is 5. The Hall–Kier alpha value is -1.96. The molecule has 7 nitrogen and oxygen atoms in total. The predicted molar refractivity (Wildman–Crippen MR) is 78.5 cm³/mol. The lowest BCUT2D eigenvalue weighted by Gasteiger charge is -2.33. The molecule has 1 aliphatic rings. The van der Waals surface area contributed by atoms with E-state index in [0.717, 1.165) is 30.5 Å². The third-order valence-electron chi connectivity index (χ3n) is 3.76. The largest absolute Gasteiger partial charge is 0.369 e. The molecular weight excluding hydrogens is 290 g/mol. The Bertz CT molecular complexity index is 675. The van der Waals surface area contributed by atoms with E-state index < -0.39 is 0 Å². The summed E-state index contributed by atoms with van der Waals surface area (Å²) in [4.78, 5) is 26.4. The first-order valence-corrected chi connectivity index (χ1v) is 7.91. The number of amides is 1. The van der Waals surface area contributed by atoms with Gasteiger partial charge in [-0.25, -0.2) is 4.79 Å². The van der Waals surface area contributed by atoms with Gasteiger partial charge in [0.05, 0.1) is 0 Å². The summed E-state index contributed by atoms with van der Waals surface area (Å²) in [7, 11) is 0. The number of nitrogens with zero attached hydrogens (tertiary/aromatic N) is 5. The summed E-state index contributed by atoms with van der Waals surface area (Å²) < 4.78 is 2.35. The number of carbonyl (C=O) groups excluding carboxylic acids is 1. The number of thiophene rings is 1. The van der Waals surface area contributed by atoms with E-state index in [2.05, 4.69) is 10.4 Å². The fourth-order valence-corrected chi connectivity index (χ4v) is 3.26. The highest BCUT2D eigenvalue weighted by molar-refractivity contribution is 7.12. The maximum absolute atomic E-state index is 12.3. The van der Waals surface area contributed by atoms with E-state index in [1.54, 1.807) is 6.07 Å². The van der Waals surface area contributed by atoms with Gasteiger partial charge in [-0.1, -0.05) is 0 Å². The van der Waals surface area contributed by atoms with Crippen LogP contribution >= 0.6 is 11.3 Å². The molecule has 3 heterocycles. The van der Waals surface area contributed by atoms with Crippen molar-refractivity contribution in [2.45, 2.75) is 38.8 Å². The minimum atomic E-state index is -0.379. The number of likely N-dealkylation sites (tertiary alicyclic amines) is 1. The van der Waals surface area contributed by atoms with Crippen LogP contribution in [0.4, 0.5) is 0 Å². The molecule has 0 aromatic carbocycles. The Morgan fingerprint density at radius 3 is 3.00 bits per heavy atom. The summed E-state index contributed by atoms with van der Waals surface area (Å²) in [6, 6.07) is 3.86. The van der Waals surface area contributed by atoms with Crippen LogP contribution < -0.4 is 5.69 Å². The van der Waals surface area contributed by atoms with Crippen LogP contribution in [0, 0.1) is 0 Å². The molecule has 2 aromatic rings. The molecule has 0 unspecified atom stereocenters. The molecule has 1 amide bonds. The predicted octanol–water partition coefficient (Wildman–Crippen LogP) is 0.891. The molecule has 1 atom stereocenters. The van der Waals surface area contributed by atoms with Gasteiger partial charge in [0.1, 0.15) is 11.5 Å². The average Bonchev–Trinajstić information content (AvgIpc) is 3.10. The second kappa shape index (κ2) is 5.80. The Balaban J connectivity index is 1.76. The molecule has 0 N–H and O–H groups in total. The van der Waals surface area contributed by atoms with Crippen LogP contribution in [0.1, 0.15) is 26.2 Å². The van der Waals surface area contributed by atoms with Crippen LogP contribution in [0.3, 0.4) is 0 Å². The maximum atomic E-state index is 12.3. The molecule has 0 bridgehead atoms. The summed E-state index contributed by atoms with van der Waals surface area (Å²) >= 11 is 1.40. The van der Waals surface area contributed by atoms with E-state index in [9.17, 15) is 9.59 Å². The van der Waals surface area contributed by atoms with Crippen molar-refractivity contribution >= 4 is 17.2 Å². The minimum Gasteiger partial charge on any atom is -0.338 e. The Kier molecular flexibility index (Phi) is 3.87. The standard InChI is InChI=1S/C13H17N5O2S/c1-10-5-2-3-7-16(10)11(19)9-17-13(20)18(15-14-17)12-6-4-8-21-12/h4,6,8,10H,2-3,5,7,9H2,1H3/t10-/m0/s1. The number of piperidine rings is 1. The van der Waals surface area contributed by atoms with Crippen LogP contribution in [0.2, 0.25) is 0 Å². The molecule has 3 rings (SSSR count). The van der Waals surface area contributed by atoms with Crippen molar-refractivity contribution in [2.24, 2.45) is 0 Å². The van der Waals surface area contributed by atoms with Gasteiger partial charge >= 0.3 is 5.69 Å². The molecular formula is C13H17N5O2S. The summed E-state index contributed by atoms with van der Waals surface area (Å²) in [5.74, 6) is -0.0671. The molecule has 1 aliphatic heterocycles. The molecule has 1 saturated heterocycles. The lowest BCUT2D eigenvalue weighted by atomic mass is 10.0. The number of tetrazole rings is 1. The molecule has 2 aromatic heterocycles. The van der Waals surface area contributed by atoms with Gasteiger partial charge in [0.25, 0.3) is 0 Å². The monoisotopic (exact) mass is 307 g/mol. The van der Waals surface area contributed by atoms with E-state index in [1.165, 1.54) is 16.0 Å². The van der Waals surface area contributed by atoms with E-state index in [4.69, 9.17) is 0 Å². The molecule has 0 aliphatic carbocycles. The lowest BCUT2D eigenvalue weighted by Crippen LogP contribution is -2.44. The summed E-state index contributed by atoms with van der Waals surface area (Å²) in [5, 5.41) is 10.2. The zero-order chi connectivity index (χ0) is 14.8. The molecule has 21 heavy (non-hydrogen) atoms. The topological polar surface area (TPSA) is 73.0 Å². The first kappa shape index (κ1) is 14.0. The number of carbonyl (C=O) groups is 1. The van der Waals surface area contributed by atoms with Gasteiger partial charge < -0.3 is 4.90 Å². The normalized spacial score (nSPS) is 18.9. The highest BCUT2D eigenvalue weighted by Crippen LogP contribution is 2.16. The fourth-order valence-electron chi connectivity index (χ4n) is 2.59. The quantitative estimate of drug-likeness (QED) is 0.844. The number of hydrogen-bond donors (Lipinski definition) is 0. The van der Waals surface area contributed by atoms with E-state index >= 15 is 0 Å². The van der Waals surface area contributed by atoms with Crippen LogP contribution in [0.5, 0.6) is 0 Å². The maximum Gasteiger partial charge on any atom is 0.369 e. The second-order valence-electron chi connectivity index (χ2n) is 5.21. The third-order valence-corrected chi connectivity index (χ3v) is 4.61. The zero-order valence-corrected chi connectivity index (χ0v) is 12.6. The van der Waals surface area contributed by atoms with Gasteiger partial charge in [-0.05, 0) is 54.1 Å². The molecule has 0 radical (unpaired) electrons. The Morgan fingerprint density at radius 2 is 2.29 bits per heavy atom. The van der Waals surface area contributed by atoms with Gasteiger partial charge in [-0.15, -0.1) is 11.3 Å². The number of aromatic nitrogens is 4. The highest BCUT2D eigenvalue weighted by Gasteiger charge is 2.24. The van der Waals surface area contributed by atoms with Crippen LogP contribution in [0.15, 0.2) is 22.3 Å². The van der Waals surface area contributed by atoms with Crippen LogP contribution in [-0.2, 0) is 11.3 Å². The molecule has 1 fully saturated rings. The summed E-state index contributed by atoms with van der Waals surface area (Å²) in [6.45, 7) is 2.75. The van der Waals surface area contributed by atoms with E-state index in [-0.39, 0.29) is 24.2 Å². The van der Waals surface area contributed by atoms with Crippen molar-refractivity contribution < 1.29 is 4.79 Å². The Morgan fingerprint density at radius 1 is 1.43 bits per heavy atom. The first-order chi connectivity index (χ1) is 10.2. The van der Waals surface area contributed by atoms with Crippen molar-refractivity contribution in [3.8, 4) is 5.00 Å². The van der Waals surface area contributed by atoms with Gasteiger partial charge in [0.2, 0.25) is 5.91 Å². The van der Waals surface area contributed by atoms with Gasteiger partial charge in [0, 0.05) is 12.6 Å². The molecule has 0 spiro atoms. The summed E-state index contributed by atoms with van der Waals surface area (Å²) in [6.07, 6.45) is 3.19. The van der Waals surface area contributed by atoms with E-state index in [1.807, 2.05) is 23.3 Å². The van der Waals surface area contributed by atoms with E-state index in [0.29, 0.717) is 5.00 Å². The van der Waals surface area contributed by atoms with Crippen molar-refractivity contribution in [1.29, 1.82) is 0 Å². The van der Waals surface area contributed by atoms with Gasteiger partial charge in [-0.2, -0.15) is 9.36 Å². The number of rotatable bonds is 3. The van der Waals surface area contributed by atoms with Gasteiger partial charge in [0.15, 0.2) is 0 Å². The van der Waals surface area contributed by atoms with Gasteiger partial charge in [-0.3, -0.25) is 4.79 Å². The lowest BCUT2D eigenvalue weighted by molar-refractivity contribution is -0.135. The zero-order valence-electron chi connectivity index (χ0n) is 11.8. The second-order valence-corrected chi connectivity index (χ2v) is 6.14. The molecule has 8 heteroatoms. The molecule has 112 valence electrons. The average molecular weight is 307 g/mol. The van der Waals surface area contributed by atoms with Crippen LogP contribution in [-0.4, -0.2) is 43.2 Å². The third kappa shape index (κ3) is 2.76. The Labute approximate surface area is 125 Å². The SMILES string of the molecule is C[C@H]1CCCCN1C(=O)Cn1nnn(-c2cccs2)c1=O. The fraction of sp³-hybridized carbons (Fsp3) is 0.538. The van der Waals surface area contributed by atoms with Crippen molar-refractivity contribution in [1.82, 2.24) is 24.7 Å². The van der Waals surface area contributed by atoms with Crippen molar-refractivity contribution in [3.63, 3.8) is 0 Å².